The second kappa shape index (κ2) is 6.50. The van der Waals surface area contributed by atoms with Gasteiger partial charge >= 0.3 is 0 Å². The zero-order valence-corrected chi connectivity index (χ0v) is 11.5. The van der Waals surface area contributed by atoms with Crippen LogP contribution >= 0.6 is 0 Å². The molecule has 3 nitrogen and oxygen atoms in total. The van der Waals surface area contributed by atoms with Crippen molar-refractivity contribution in [3.05, 3.63) is 29.8 Å². The zero-order chi connectivity index (χ0) is 13.7. The Morgan fingerprint density at radius 1 is 1.26 bits per heavy atom. The monoisotopic (exact) mass is 259 g/mol. The Balaban J connectivity index is 2.08. The average molecular weight is 259 g/mol. The third kappa shape index (κ3) is 3.43. The van der Waals surface area contributed by atoms with E-state index in [4.69, 9.17) is 0 Å². The molecule has 0 aliphatic carbocycles. The molecular weight excluding hydrogens is 238 g/mol. The number of ketones is 1. The highest BCUT2D eigenvalue weighted by molar-refractivity contribution is 5.94. The molecule has 1 heterocycles. The van der Waals surface area contributed by atoms with Gasteiger partial charge in [0.05, 0.1) is 0 Å². The lowest BCUT2D eigenvalue weighted by atomic mass is 10.1. The zero-order valence-electron chi connectivity index (χ0n) is 11.5. The van der Waals surface area contributed by atoms with Crippen LogP contribution in [0.4, 0.5) is 5.69 Å². The second-order valence-corrected chi connectivity index (χ2v) is 5.02. The predicted octanol–water partition coefficient (Wildman–Crippen LogP) is 3.12. The van der Waals surface area contributed by atoms with E-state index < -0.39 is 0 Å². The first-order chi connectivity index (χ1) is 9.22. The summed E-state index contributed by atoms with van der Waals surface area (Å²) in [6.45, 7) is 2.54. The molecule has 19 heavy (non-hydrogen) atoms. The van der Waals surface area contributed by atoms with Crippen molar-refractivity contribution in [1.29, 1.82) is 0 Å². The summed E-state index contributed by atoms with van der Waals surface area (Å²) < 4.78 is 0. The molecule has 0 saturated heterocycles. The predicted molar refractivity (Wildman–Crippen MR) is 76.3 cm³/mol. The molecule has 2 rings (SSSR count). The number of Topliss-reactive ketones (excluding diaryl/α,β-unsaturated/α-hetero) is 1. The van der Waals surface area contributed by atoms with Gasteiger partial charge in [0, 0.05) is 31.5 Å². The van der Waals surface area contributed by atoms with E-state index in [9.17, 15) is 9.59 Å². The fourth-order valence-corrected chi connectivity index (χ4v) is 2.54. The quantitative estimate of drug-likeness (QED) is 0.814. The van der Waals surface area contributed by atoms with E-state index in [1.807, 2.05) is 30.0 Å². The van der Waals surface area contributed by atoms with Gasteiger partial charge in [0.25, 0.3) is 0 Å². The number of carbonyl (C=O) groups is 2. The molecule has 1 aromatic carbocycles. The normalized spacial score (nSPS) is 15.0. The molecule has 0 bridgehead atoms. The Morgan fingerprint density at radius 3 is 2.84 bits per heavy atom. The van der Waals surface area contributed by atoms with Crippen molar-refractivity contribution in [1.82, 2.24) is 0 Å². The molecule has 102 valence electrons. The summed E-state index contributed by atoms with van der Waals surface area (Å²) in [5.41, 5.74) is 2.28. The van der Waals surface area contributed by atoms with Crippen LogP contribution in [0.15, 0.2) is 24.3 Å². The lowest BCUT2D eigenvalue weighted by Crippen LogP contribution is -2.31. The van der Waals surface area contributed by atoms with Crippen LogP contribution in [0.25, 0.3) is 0 Å². The topological polar surface area (TPSA) is 37.4 Å². The van der Waals surface area contributed by atoms with Gasteiger partial charge in [-0.15, -0.1) is 0 Å². The van der Waals surface area contributed by atoms with Crippen LogP contribution in [0.5, 0.6) is 0 Å². The van der Waals surface area contributed by atoms with Gasteiger partial charge in [-0.05, 0) is 30.9 Å². The molecule has 0 saturated carbocycles. The average Bonchev–Trinajstić information content (AvgIpc) is 2.58. The largest absolute Gasteiger partial charge is 0.312 e. The lowest BCUT2D eigenvalue weighted by Gasteiger charge is -2.22. The number of carbonyl (C=O) groups excluding carboxylic acids is 2. The fourth-order valence-electron chi connectivity index (χ4n) is 2.54. The Labute approximate surface area is 114 Å². The molecule has 0 spiro atoms. The number of aryl methyl sites for hydroxylation is 1. The van der Waals surface area contributed by atoms with Crippen LogP contribution in [0.2, 0.25) is 0 Å². The summed E-state index contributed by atoms with van der Waals surface area (Å²) in [5.74, 6) is 0.462. The number of para-hydroxylation sites is 1. The van der Waals surface area contributed by atoms with Gasteiger partial charge in [0.1, 0.15) is 5.78 Å². The van der Waals surface area contributed by atoms with Gasteiger partial charge in [-0.3, -0.25) is 9.59 Å². The first-order valence-corrected chi connectivity index (χ1v) is 7.12. The number of hydrogen-bond acceptors (Lipinski definition) is 2. The molecule has 3 heteroatoms. The third-order valence-corrected chi connectivity index (χ3v) is 3.65. The van der Waals surface area contributed by atoms with E-state index in [0.717, 1.165) is 24.9 Å². The Hall–Kier alpha value is -1.64. The number of benzene rings is 1. The van der Waals surface area contributed by atoms with Gasteiger partial charge < -0.3 is 4.90 Å². The maximum Gasteiger partial charge on any atom is 0.226 e. The summed E-state index contributed by atoms with van der Waals surface area (Å²) in [5, 5.41) is 0. The van der Waals surface area contributed by atoms with Gasteiger partial charge in [0.15, 0.2) is 0 Å². The first kappa shape index (κ1) is 13.8. The summed E-state index contributed by atoms with van der Waals surface area (Å²) in [6, 6.07) is 8.10. The molecule has 1 aliphatic heterocycles. The summed E-state index contributed by atoms with van der Waals surface area (Å²) in [7, 11) is 0. The lowest BCUT2D eigenvalue weighted by molar-refractivity contribution is -0.120. The van der Waals surface area contributed by atoms with Crippen molar-refractivity contribution in [2.45, 2.75) is 45.4 Å². The minimum Gasteiger partial charge on any atom is -0.312 e. The second-order valence-electron chi connectivity index (χ2n) is 5.02. The van der Waals surface area contributed by atoms with Crippen LogP contribution in [-0.4, -0.2) is 18.2 Å². The molecular formula is C16H21NO2. The summed E-state index contributed by atoms with van der Waals surface area (Å²) in [4.78, 5) is 25.4. The Bertz CT molecular complexity index is 468. The molecule has 0 unspecified atom stereocenters. The maximum atomic E-state index is 12.2. The number of anilines is 1. The van der Waals surface area contributed by atoms with Crippen molar-refractivity contribution < 1.29 is 9.59 Å². The highest BCUT2D eigenvalue weighted by Gasteiger charge is 2.21. The molecule has 0 fully saturated rings. The molecule has 0 aromatic heterocycles. The van der Waals surface area contributed by atoms with Crippen LogP contribution in [0, 0.1) is 0 Å². The third-order valence-electron chi connectivity index (χ3n) is 3.65. The molecule has 0 N–H and O–H groups in total. The van der Waals surface area contributed by atoms with Gasteiger partial charge in [0.2, 0.25) is 5.91 Å². The number of rotatable bonds is 5. The van der Waals surface area contributed by atoms with Crippen molar-refractivity contribution >= 4 is 17.4 Å². The van der Waals surface area contributed by atoms with Crippen molar-refractivity contribution in [2.75, 3.05) is 11.4 Å². The van der Waals surface area contributed by atoms with Crippen molar-refractivity contribution in [2.24, 2.45) is 0 Å². The number of nitrogens with zero attached hydrogens (tertiary/aromatic N) is 1. The molecule has 1 amide bonds. The van der Waals surface area contributed by atoms with Crippen LogP contribution in [0.3, 0.4) is 0 Å². The summed E-state index contributed by atoms with van der Waals surface area (Å²) in [6.07, 6.45) is 4.41. The minimum atomic E-state index is 0.189. The van der Waals surface area contributed by atoms with E-state index in [-0.39, 0.29) is 11.7 Å². The SMILES string of the molecule is CCC(=O)CCCN1C(=O)CCCc2ccccc21. The number of hydrogen-bond donors (Lipinski definition) is 0. The maximum absolute atomic E-state index is 12.2. The Morgan fingerprint density at radius 2 is 2.05 bits per heavy atom. The van der Waals surface area contributed by atoms with Crippen molar-refractivity contribution in [3.63, 3.8) is 0 Å². The number of fused-ring (bicyclic) bond motifs is 1. The molecule has 1 aromatic rings. The molecule has 1 aliphatic rings. The van der Waals surface area contributed by atoms with E-state index in [2.05, 4.69) is 6.07 Å². The standard InChI is InChI=1S/C16H21NO2/c1-2-14(18)9-6-12-17-15-10-4-3-7-13(15)8-5-11-16(17)19/h3-4,7,10H,2,5-6,8-9,11-12H2,1H3. The van der Waals surface area contributed by atoms with Crippen LogP contribution < -0.4 is 4.90 Å². The summed E-state index contributed by atoms with van der Waals surface area (Å²) >= 11 is 0. The fraction of sp³-hybridized carbons (Fsp3) is 0.500. The van der Waals surface area contributed by atoms with E-state index >= 15 is 0 Å². The molecule has 0 radical (unpaired) electrons. The van der Waals surface area contributed by atoms with Gasteiger partial charge in [-0.2, -0.15) is 0 Å². The van der Waals surface area contributed by atoms with Crippen molar-refractivity contribution in [3.8, 4) is 0 Å². The highest BCUT2D eigenvalue weighted by Crippen LogP contribution is 2.26. The highest BCUT2D eigenvalue weighted by atomic mass is 16.2. The smallest absolute Gasteiger partial charge is 0.226 e. The van der Waals surface area contributed by atoms with Crippen LogP contribution in [0.1, 0.15) is 44.6 Å². The van der Waals surface area contributed by atoms with Gasteiger partial charge in [-0.25, -0.2) is 0 Å². The first-order valence-electron chi connectivity index (χ1n) is 7.12. The Kier molecular flexibility index (Phi) is 4.72. The van der Waals surface area contributed by atoms with E-state index in [0.29, 0.717) is 25.8 Å². The number of amides is 1. The van der Waals surface area contributed by atoms with Gasteiger partial charge in [-0.1, -0.05) is 25.1 Å². The minimum absolute atomic E-state index is 0.189. The molecule has 0 atom stereocenters. The van der Waals surface area contributed by atoms with E-state index in [1.165, 1.54) is 5.56 Å². The van der Waals surface area contributed by atoms with Crippen LogP contribution in [-0.2, 0) is 16.0 Å². The van der Waals surface area contributed by atoms with E-state index in [1.54, 1.807) is 0 Å².